The number of hydrogen-bond acceptors (Lipinski definition) is 3. The summed E-state index contributed by atoms with van der Waals surface area (Å²) in [6, 6.07) is 26.1. The number of rotatable bonds is 8. The van der Waals surface area contributed by atoms with E-state index < -0.39 is 0 Å². The van der Waals surface area contributed by atoms with Gasteiger partial charge in [-0.3, -0.25) is 9.69 Å². The van der Waals surface area contributed by atoms with Crippen molar-refractivity contribution in [2.75, 3.05) is 5.32 Å². The van der Waals surface area contributed by atoms with E-state index in [1.54, 1.807) is 18.2 Å². The van der Waals surface area contributed by atoms with Gasteiger partial charge < -0.3 is 9.73 Å². The zero-order valence-corrected chi connectivity index (χ0v) is 18.8. The second kappa shape index (κ2) is 10.3. The summed E-state index contributed by atoms with van der Waals surface area (Å²) in [7, 11) is 0. The molecule has 0 aliphatic heterocycles. The minimum atomic E-state index is -0.291. The summed E-state index contributed by atoms with van der Waals surface area (Å²) in [6.07, 6.45) is 0. The van der Waals surface area contributed by atoms with Crippen molar-refractivity contribution in [3.63, 3.8) is 0 Å². The molecule has 4 rings (SSSR count). The molecule has 168 valence electrons. The quantitative estimate of drug-likeness (QED) is 0.339. The summed E-state index contributed by atoms with van der Waals surface area (Å²) in [6.45, 7) is 5.76. The van der Waals surface area contributed by atoms with Crippen LogP contribution < -0.4 is 5.32 Å². The lowest BCUT2D eigenvalue weighted by Crippen LogP contribution is -2.22. The lowest BCUT2D eigenvalue weighted by Gasteiger charge is -2.22. The van der Waals surface area contributed by atoms with Gasteiger partial charge in [-0.1, -0.05) is 59.7 Å². The van der Waals surface area contributed by atoms with E-state index >= 15 is 0 Å². The van der Waals surface area contributed by atoms with Gasteiger partial charge in [-0.2, -0.15) is 0 Å². The summed E-state index contributed by atoms with van der Waals surface area (Å²) in [5.74, 6) is 0.385. The number of nitrogens with one attached hydrogen (secondary N) is 1. The van der Waals surface area contributed by atoms with Crippen molar-refractivity contribution >= 4 is 11.6 Å². The number of nitrogens with zero attached hydrogens (tertiary/aromatic N) is 1. The number of carbonyl (C=O) groups is 1. The topological polar surface area (TPSA) is 45.5 Å². The second-order valence-corrected chi connectivity index (χ2v) is 8.35. The minimum absolute atomic E-state index is 0.254. The molecule has 0 unspecified atom stereocenters. The standard InChI is InChI=1S/C28H27FN2O2/c1-20-6-10-22(11-7-20)17-31(18-23-4-3-5-24(29)16-23)19-26-14-15-27(33-26)28(32)30-25-12-8-21(2)9-13-25/h3-16H,17-19H2,1-2H3,(H,30,32). The Hall–Kier alpha value is -3.70. The van der Waals surface area contributed by atoms with E-state index in [1.165, 1.54) is 11.6 Å². The summed E-state index contributed by atoms with van der Waals surface area (Å²) >= 11 is 0. The number of aryl methyl sites for hydroxylation is 2. The van der Waals surface area contributed by atoms with Crippen molar-refractivity contribution in [3.8, 4) is 0 Å². The first-order valence-corrected chi connectivity index (χ1v) is 10.9. The molecule has 0 atom stereocenters. The number of amides is 1. The van der Waals surface area contributed by atoms with Crippen molar-refractivity contribution in [2.45, 2.75) is 33.5 Å². The van der Waals surface area contributed by atoms with Crippen LogP contribution >= 0.6 is 0 Å². The normalized spacial score (nSPS) is 11.0. The number of anilines is 1. The van der Waals surface area contributed by atoms with Crippen LogP contribution in [-0.4, -0.2) is 10.8 Å². The minimum Gasteiger partial charge on any atom is -0.455 e. The molecule has 3 aromatic carbocycles. The molecule has 1 N–H and O–H groups in total. The average Bonchev–Trinajstić information content (AvgIpc) is 3.25. The van der Waals surface area contributed by atoms with Crippen LogP contribution in [-0.2, 0) is 19.6 Å². The molecule has 0 aliphatic rings. The highest BCUT2D eigenvalue weighted by molar-refractivity contribution is 6.02. The predicted octanol–water partition coefficient (Wildman–Crippen LogP) is 6.49. The van der Waals surface area contributed by atoms with Gasteiger partial charge in [-0.05, 0) is 61.4 Å². The first kappa shape index (κ1) is 22.5. The van der Waals surface area contributed by atoms with Gasteiger partial charge in [0.05, 0.1) is 6.54 Å². The van der Waals surface area contributed by atoms with Crippen molar-refractivity contribution in [1.82, 2.24) is 4.90 Å². The smallest absolute Gasteiger partial charge is 0.291 e. The molecule has 1 amide bonds. The van der Waals surface area contributed by atoms with Crippen LogP contribution in [0.15, 0.2) is 89.3 Å². The maximum Gasteiger partial charge on any atom is 0.291 e. The Morgan fingerprint density at radius 3 is 2.18 bits per heavy atom. The van der Waals surface area contributed by atoms with Crippen LogP contribution in [0, 0.1) is 19.7 Å². The van der Waals surface area contributed by atoms with Gasteiger partial charge in [-0.25, -0.2) is 4.39 Å². The van der Waals surface area contributed by atoms with E-state index in [0.717, 1.165) is 22.4 Å². The Labute approximate surface area is 193 Å². The van der Waals surface area contributed by atoms with Gasteiger partial charge in [0, 0.05) is 18.8 Å². The van der Waals surface area contributed by atoms with Gasteiger partial charge in [0.1, 0.15) is 11.6 Å². The highest BCUT2D eigenvalue weighted by Gasteiger charge is 2.15. The fourth-order valence-electron chi connectivity index (χ4n) is 3.65. The van der Waals surface area contributed by atoms with Crippen molar-refractivity contribution < 1.29 is 13.6 Å². The molecule has 1 aromatic heterocycles. The van der Waals surface area contributed by atoms with E-state index in [9.17, 15) is 9.18 Å². The predicted molar refractivity (Wildman–Crippen MR) is 128 cm³/mol. The molecule has 0 radical (unpaired) electrons. The summed E-state index contributed by atoms with van der Waals surface area (Å²) in [4.78, 5) is 14.8. The van der Waals surface area contributed by atoms with Crippen molar-refractivity contribution in [3.05, 3.63) is 125 Å². The Morgan fingerprint density at radius 2 is 1.48 bits per heavy atom. The largest absolute Gasteiger partial charge is 0.455 e. The van der Waals surface area contributed by atoms with E-state index in [-0.39, 0.29) is 17.5 Å². The molecule has 0 bridgehead atoms. The molecule has 0 saturated heterocycles. The fourth-order valence-corrected chi connectivity index (χ4v) is 3.65. The number of carbonyl (C=O) groups excluding carboxylic acids is 1. The SMILES string of the molecule is Cc1ccc(CN(Cc2cccc(F)c2)Cc2ccc(C(=O)Nc3ccc(C)cc3)o2)cc1. The molecule has 4 nitrogen and oxygen atoms in total. The first-order chi connectivity index (χ1) is 15.9. The van der Waals surface area contributed by atoms with Gasteiger partial charge in [0.15, 0.2) is 5.76 Å². The molecular weight excluding hydrogens is 415 g/mol. The Balaban J connectivity index is 1.48. The third-order valence-electron chi connectivity index (χ3n) is 5.40. The van der Waals surface area contributed by atoms with Gasteiger partial charge >= 0.3 is 0 Å². The van der Waals surface area contributed by atoms with E-state index in [2.05, 4.69) is 41.4 Å². The van der Waals surface area contributed by atoms with Gasteiger partial charge in [0.25, 0.3) is 5.91 Å². The van der Waals surface area contributed by atoms with Crippen molar-refractivity contribution in [2.24, 2.45) is 0 Å². The lowest BCUT2D eigenvalue weighted by atomic mass is 10.1. The monoisotopic (exact) mass is 442 g/mol. The van der Waals surface area contributed by atoms with Crippen LogP contribution in [0.1, 0.15) is 38.6 Å². The van der Waals surface area contributed by atoms with Crippen LogP contribution in [0.5, 0.6) is 0 Å². The average molecular weight is 443 g/mol. The molecular formula is C28H27FN2O2. The summed E-state index contributed by atoms with van der Waals surface area (Å²) < 4.78 is 19.6. The maximum absolute atomic E-state index is 13.7. The zero-order chi connectivity index (χ0) is 23.2. The molecule has 33 heavy (non-hydrogen) atoms. The molecule has 0 aliphatic carbocycles. The first-order valence-electron chi connectivity index (χ1n) is 10.9. The third kappa shape index (κ3) is 6.40. The summed E-state index contributed by atoms with van der Waals surface area (Å²) in [5.41, 5.74) is 5.08. The zero-order valence-electron chi connectivity index (χ0n) is 18.8. The number of hydrogen-bond donors (Lipinski definition) is 1. The fraction of sp³-hybridized carbons (Fsp3) is 0.179. The lowest BCUT2D eigenvalue weighted by molar-refractivity contribution is 0.0992. The second-order valence-electron chi connectivity index (χ2n) is 8.35. The van der Waals surface area contributed by atoms with Crippen molar-refractivity contribution in [1.29, 1.82) is 0 Å². The third-order valence-corrected chi connectivity index (χ3v) is 5.40. The Kier molecular flexibility index (Phi) is 7.01. The van der Waals surface area contributed by atoms with E-state index in [0.29, 0.717) is 25.4 Å². The number of benzene rings is 3. The van der Waals surface area contributed by atoms with E-state index in [4.69, 9.17) is 4.42 Å². The van der Waals surface area contributed by atoms with Crippen LogP contribution in [0.25, 0.3) is 0 Å². The number of halogens is 1. The van der Waals surface area contributed by atoms with Gasteiger partial charge in [0.2, 0.25) is 0 Å². The van der Waals surface area contributed by atoms with E-state index in [1.807, 2.05) is 43.3 Å². The molecule has 0 fully saturated rings. The highest BCUT2D eigenvalue weighted by atomic mass is 19.1. The van der Waals surface area contributed by atoms with Crippen LogP contribution in [0.2, 0.25) is 0 Å². The number of furan rings is 1. The van der Waals surface area contributed by atoms with Gasteiger partial charge in [-0.15, -0.1) is 0 Å². The molecule has 5 heteroatoms. The highest BCUT2D eigenvalue weighted by Crippen LogP contribution is 2.18. The molecule has 4 aromatic rings. The summed E-state index contributed by atoms with van der Waals surface area (Å²) in [5, 5.41) is 2.86. The Bertz CT molecular complexity index is 1210. The van der Waals surface area contributed by atoms with Crippen LogP contribution in [0.3, 0.4) is 0 Å². The Morgan fingerprint density at radius 1 is 0.818 bits per heavy atom. The molecule has 0 saturated carbocycles. The molecule has 0 spiro atoms. The molecule has 1 heterocycles. The van der Waals surface area contributed by atoms with Crippen LogP contribution in [0.4, 0.5) is 10.1 Å². The maximum atomic E-state index is 13.7.